The molecule has 7 nitrogen and oxygen atoms in total. The minimum Gasteiger partial charge on any atom is -0.368 e. The number of carbonyl (C=O) groups is 4. The summed E-state index contributed by atoms with van der Waals surface area (Å²) in [6, 6.07) is 16.8. The van der Waals surface area contributed by atoms with Gasteiger partial charge in [0.2, 0.25) is 11.7 Å². The van der Waals surface area contributed by atoms with Crippen LogP contribution < -0.4 is 16.4 Å². The Morgan fingerprint density at radius 2 is 1.50 bits per heavy atom. The maximum Gasteiger partial charge on any atom is 0.252 e. The molecule has 0 saturated carbocycles. The number of primary amides is 1. The Morgan fingerprint density at radius 3 is 2.13 bits per heavy atom. The van der Waals surface area contributed by atoms with Crippen molar-refractivity contribution >= 4 is 34.8 Å². The first-order valence-electron chi connectivity index (χ1n) is 9.06. The third kappa shape index (κ3) is 5.18. The van der Waals surface area contributed by atoms with Gasteiger partial charge in [-0.25, -0.2) is 0 Å². The number of hydrogen-bond acceptors (Lipinski definition) is 5. The number of rotatable bonds is 8. The van der Waals surface area contributed by atoms with Crippen molar-refractivity contribution in [1.82, 2.24) is 10.6 Å². The van der Waals surface area contributed by atoms with Crippen molar-refractivity contribution in [2.75, 3.05) is 6.54 Å². The largest absolute Gasteiger partial charge is 0.368 e. The van der Waals surface area contributed by atoms with Crippen molar-refractivity contribution in [3.05, 3.63) is 93.2 Å². The van der Waals surface area contributed by atoms with Crippen LogP contribution in [0, 0.1) is 0 Å². The van der Waals surface area contributed by atoms with E-state index < -0.39 is 11.8 Å². The second-order valence-electron chi connectivity index (χ2n) is 6.38. The van der Waals surface area contributed by atoms with Gasteiger partial charge in [-0.2, -0.15) is 0 Å². The number of hydrogen-bond donors (Lipinski definition) is 3. The monoisotopic (exact) mass is 421 g/mol. The van der Waals surface area contributed by atoms with E-state index in [1.165, 1.54) is 11.3 Å². The van der Waals surface area contributed by atoms with E-state index in [2.05, 4.69) is 10.6 Å². The van der Waals surface area contributed by atoms with E-state index in [4.69, 9.17) is 5.73 Å². The topological polar surface area (TPSA) is 118 Å². The van der Waals surface area contributed by atoms with E-state index in [1.54, 1.807) is 60.7 Å². The van der Waals surface area contributed by atoms with Gasteiger partial charge in [0.05, 0.1) is 17.0 Å². The molecule has 3 rings (SSSR count). The van der Waals surface area contributed by atoms with Crippen molar-refractivity contribution in [2.45, 2.75) is 6.54 Å². The summed E-state index contributed by atoms with van der Waals surface area (Å²) < 4.78 is 0. The van der Waals surface area contributed by atoms with Gasteiger partial charge in [-0.1, -0.05) is 36.4 Å². The summed E-state index contributed by atoms with van der Waals surface area (Å²) in [5.74, 6) is -1.59. The SMILES string of the molecule is NC(=O)CNC(=O)c1ccc(CNC(=O)c2ccccc2C(=O)c2cccs2)cc1. The van der Waals surface area contributed by atoms with E-state index in [9.17, 15) is 19.2 Å². The first-order chi connectivity index (χ1) is 14.5. The molecule has 3 amide bonds. The van der Waals surface area contributed by atoms with Crippen LogP contribution in [-0.4, -0.2) is 30.0 Å². The summed E-state index contributed by atoms with van der Waals surface area (Å²) in [6.45, 7) is -0.0101. The van der Waals surface area contributed by atoms with Gasteiger partial charge in [-0.3, -0.25) is 19.2 Å². The summed E-state index contributed by atoms with van der Waals surface area (Å²) in [4.78, 5) is 48.5. The highest BCUT2D eigenvalue weighted by Crippen LogP contribution is 2.18. The second-order valence-corrected chi connectivity index (χ2v) is 7.33. The van der Waals surface area contributed by atoms with Gasteiger partial charge < -0.3 is 16.4 Å². The van der Waals surface area contributed by atoms with Crippen molar-refractivity contribution in [3.8, 4) is 0 Å². The molecular formula is C22H19N3O4S. The maximum atomic E-state index is 12.7. The Balaban J connectivity index is 1.64. The van der Waals surface area contributed by atoms with Crippen molar-refractivity contribution in [3.63, 3.8) is 0 Å². The van der Waals surface area contributed by atoms with Crippen LogP contribution in [0.2, 0.25) is 0 Å². The van der Waals surface area contributed by atoms with Gasteiger partial charge >= 0.3 is 0 Å². The van der Waals surface area contributed by atoms with Gasteiger partial charge in [-0.05, 0) is 35.2 Å². The van der Waals surface area contributed by atoms with E-state index in [1.807, 2.05) is 5.38 Å². The molecule has 152 valence electrons. The Kier molecular flexibility index (Phi) is 6.71. The zero-order valence-electron chi connectivity index (χ0n) is 15.9. The molecule has 0 fully saturated rings. The molecule has 0 aliphatic heterocycles. The fraction of sp³-hybridized carbons (Fsp3) is 0.0909. The lowest BCUT2D eigenvalue weighted by atomic mass is 10.0. The predicted octanol–water partition coefficient (Wildman–Crippen LogP) is 2.12. The molecule has 4 N–H and O–H groups in total. The molecule has 3 aromatic rings. The summed E-state index contributed by atoms with van der Waals surface area (Å²) in [6.07, 6.45) is 0. The van der Waals surface area contributed by atoms with E-state index in [0.29, 0.717) is 21.6 Å². The minimum atomic E-state index is -0.625. The molecule has 0 atom stereocenters. The normalized spacial score (nSPS) is 10.3. The van der Waals surface area contributed by atoms with Crippen molar-refractivity contribution < 1.29 is 19.2 Å². The fourth-order valence-electron chi connectivity index (χ4n) is 2.74. The summed E-state index contributed by atoms with van der Waals surface area (Å²) in [7, 11) is 0. The second kappa shape index (κ2) is 9.62. The average Bonchev–Trinajstić information content (AvgIpc) is 3.30. The van der Waals surface area contributed by atoms with Crippen LogP contribution in [0.4, 0.5) is 0 Å². The number of benzene rings is 2. The number of ketones is 1. The van der Waals surface area contributed by atoms with Crippen molar-refractivity contribution in [2.24, 2.45) is 5.73 Å². The maximum absolute atomic E-state index is 12.7. The van der Waals surface area contributed by atoms with E-state index >= 15 is 0 Å². The zero-order chi connectivity index (χ0) is 21.5. The third-order valence-electron chi connectivity index (χ3n) is 4.25. The lowest BCUT2D eigenvalue weighted by Crippen LogP contribution is -2.33. The molecule has 0 aliphatic rings. The van der Waals surface area contributed by atoms with Crippen LogP contribution >= 0.6 is 11.3 Å². The van der Waals surface area contributed by atoms with Gasteiger partial charge in [0.1, 0.15) is 0 Å². The van der Waals surface area contributed by atoms with Crippen LogP contribution in [0.25, 0.3) is 0 Å². The quantitative estimate of drug-likeness (QED) is 0.483. The standard InChI is InChI=1S/C22H19N3O4S/c23-19(26)13-25-21(28)15-9-7-14(8-10-15)12-24-22(29)17-5-2-1-4-16(17)20(27)18-6-3-11-30-18/h1-11H,12-13H2,(H2,23,26)(H,24,29)(H,25,28). The molecule has 8 heteroatoms. The predicted molar refractivity (Wildman–Crippen MR) is 113 cm³/mol. The minimum absolute atomic E-state index is 0.193. The van der Waals surface area contributed by atoms with Crippen LogP contribution in [0.3, 0.4) is 0 Å². The van der Waals surface area contributed by atoms with Crippen molar-refractivity contribution in [1.29, 1.82) is 0 Å². The molecular weight excluding hydrogens is 402 g/mol. The number of carbonyl (C=O) groups excluding carboxylic acids is 4. The molecule has 30 heavy (non-hydrogen) atoms. The van der Waals surface area contributed by atoms with Crippen LogP contribution in [-0.2, 0) is 11.3 Å². The Morgan fingerprint density at radius 1 is 0.800 bits per heavy atom. The van der Waals surface area contributed by atoms with Gasteiger partial charge in [-0.15, -0.1) is 11.3 Å². The van der Waals surface area contributed by atoms with Gasteiger partial charge in [0.25, 0.3) is 11.8 Å². The Bertz CT molecular complexity index is 1080. The van der Waals surface area contributed by atoms with Crippen LogP contribution in [0.1, 0.15) is 41.5 Å². The number of nitrogens with one attached hydrogen (secondary N) is 2. The fourth-order valence-corrected chi connectivity index (χ4v) is 3.42. The molecule has 0 bridgehead atoms. The third-order valence-corrected chi connectivity index (χ3v) is 5.12. The summed E-state index contributed by atoms with van der Waals surface area (Å²) >= 11 is 1.33. The highest BCUT2D eigenvalue weighted by molar-refractivity contribution is 7.12. The van der Waals surface area contributed by atoms with Gasteiger partial charge in [0, 0.05) is 17.7 Å². The first-order valence-corrected chi connectivity index (χ1v) is 9.94. The Hall–Kier alpha value is -3.78. The molecule has 0 saturated heterocycles. The van der Waals surface area contributed by atoms with E-state index in [0.717, 1.165) is 5.56 Å². The highest BCUT2D eigenvalue weighted by atomic mass is 32.1. The highest BCUT2D eigenvalue weighted by Gasteiger charge is 2.18. The van der Waals surface area contributed by atoms with Crippen LogP contribution in [0.5, 0.6) is 0 Å². The zero-order valence-corrected chi connectivity index (χ0v) is 16.7. The van der Waals surface area contributed by atoms with E-state index in [-0.39, 0.29) is 24.8 Å². The van der Waals surface area contributed by atoms with Crippen LogP contribution in [0.15, 0.2) is 66.0 Å². The molecule has 0 spiro atoms. The molecule has 0 radical (unpaired) electrons. The molecule has 0 aliphatic carbocycles. The summed E-state index contributed by atoms with van der Waals surface area (Å²) in [5.41, 5.74) is 6.80. The molecule has 1 aromatic heterocycles. The Labute approximate surface area is 176 Å². The van der Waals surface area contributed by atoms with Gasteiger partial charge in [0.15, 0.2) is 0 Å². The smallest absolute Gasteiger partial charge is 0.252 e. The lowest BCUT2D eigenvalue weighted by Gasteiger charge is -2.10. The number of nitrogens with two attached hydrogens (primary N) is 1. The summed E-state index contributed by atoms with van der Waals surface area (Å²) in [5, 5.41) is 7.01. The number of amides is 3. The molecule has 2 aromatic carbocycles. The number of thiophene rings is 1. The average molecular weight is 421 g/mol. The molecule has 1 heterocycles. The lowest BCUT2D eigenvalue weighted by molar-refractivity contribution is -0.117. The first kappa shape index (κ1) is 20.9. The molecule has 0 unspecified atom stereocenters.